The molecule has 0 radical (unpaired) electrons. The van der Waals surface area contributed by atoms with Gasteiger partial charge in [0, 0.05) is 25.2 Å². The average Bonchev–Trinajstić information content (AvgIpc) is 2.88. The van der Waals surface area contributed by atoms with E-state index in [-0.39, 0.29) is 5.91 Å². The van der Waals surface area contributed by atoms with Crippen molar-refractivity contribution in [1.82, 2.24) is 25.2 Å². The zero-order chi connectivity index (χ0) is 14.1. The molecule has 1 aromatic heterocycles. The van der Waals surface area contributed by atoms with Crippen LogP contribution in [0.15, 0.2) is 12.4 Å². The summed E-state index contributed by atoms with van der Waals surface area (Å²) in [4.78, 5) is 13.9. The number of unbranched alkanes of at least 4 members (excludes halogenated alkanes) is 1. The highest BCUT2D eigenvalue weighted by Crippen LogP contribution is 1.97. The minimum absolute atomic E-state index is 0.0766. The van der Waals surface area contributed by atoms with Gasteiger partial charge in [-0.05, 0) is 40.3 Å². The molecule has 0 bridgehead atoms. The second-order valence-corrected chi connectivity index (χ2v) is 5.05. The van der Waals surface area contributed by atoms with E-state index in [1.165, 1.54) is 0 Å². The molecule has 0 unspecified atom stereocenters. The summed E-state index contributed by atoms with van der Waals surface area (Å²) < 4.78 is 1.66. The van der Waals surface area contributed by atoms with Gasteiger partial charge in [-0.3, -0.25) is 9.48 Å². The maximum absolute atomic E-state index is 11.6. The van der Waals surface area contributed by atoms with E-state index in [1.54, 1.807) is 17.1 Å². The van der Waals surface area contributed by atoms with Gasteiger partial charge in [-0.25, -0.2) is 0 Å². The number of amides is 1. The molecule has 1 rings (SSSR count). The normalized spacial score (nSPS) is 11.2. The van der Waals surface area contributed by atoms with Crippen molar-refractivity contribution < 1.29 is 4.79 Å². The van der Waals surface area contributed by atoms with Gasteiger partial charge in [0.05, 0.1) is 12.7 Å². The van der Waals surface area contributed by atoms with Crippen molar-refractivity contribution in [2.45, 2.75) is 45.7 Å². The first-order valence-electron chi connectivity index (χ1n) is 6.90. The van der Waals surface area contributed by atoms with Crippen molar-refractivity contribution in [2.24, 2.45) is 0 Å². The van der Waals surface area contributed by atoms with Crippen molar-refractivity contribution in [2.75, 3.05) is 20.1 Å². The Morgan fingerprint density at radius 2 is 2.21 bits per heavy atom. The standard InChI is InChI=1S/C13H25N5O/c1-12(2)17(3)9-5-4-7-14-13(19)6-10-18-11-8-15-16-18/h8,11-12H,4-7,9-10H2,1-3H3,(H,14,19). The van der Waals surface area contributed by atoms with Crippen molar-refractivity contribution >= 4 is 5.91 Å². The molecule has 1 aromatic rings. The first kappa shape index (κ1) is 15.6. The van der Waals surface area contributed by atoms with E-state index >= 15 is 0 Å². The van der Waals surface area contributed by atoms with E-state index in [2.05, 4.69) is 41.4 Å². The third kappa shape index (κ3) is 6.91. The van der Waals surface area contributed by atoms with Crippen LogP contribution in [0.5, 0.6) is 0 Å². The molecule has 6 heteroatoms. The Bertz CT molecular complexity index is 350. The summed E-state index contributed by atoms with van der Waals surface area (Å²) in [5, 5.41) is 10.4. The van der Waals surface area contributed by atoms with Gasteiger partial charge in [0.15, 0.2) is 0 Å². The summed E-state index contributed by atoms with van der Waals surface area (Å²) in [6, 6.07) is 0.581. The third-order valence-electron chi connectivity index (χ3n) is 3.18. The van der Waals surface area contributed by atoms with Gasteiger partial charge in [-0.1, -0.05) is 5.21 Å². The lowest BCUT2D eigenvalue weighted by molar-refractivity contribution is -0.121. The lowest BCUT2D eigenvalue weighted by Crippen LogP contribution is -2.29. The number of nitrogens with zero attached hydrogens (tertiary/aromatic N) is 4. The van der Waals surface area contributed by atoms with Crippen LogP contribution in [-0.2, 0) is 11.3 Å². The van der Waals surface area contributed by atoms with Crippen LogP contribution in [0.2, 0.25) is 0 Å². The molecular weight excluding hydrogens is 242 g/mol. The fraction of sp³-hybridized carbons (Fsp3) is 0.769. The Morgan fingerprint density at radius 1 is 1.42 bits per heavy atom. The molecule has 0 spiro atoms. The highest BCUT2D eigenvalue weighted by molar-refractivity contribution is 5.75. The summed E-state index contributed by atoms with van der Waals surface area (Å²) in [6.45, 7) is 6.79. The highest BCUT2D eigenvalue weighted by Gasteiger charge is 2.03. The van der Waals surface area contributed by atoms with E-state index in [4.69, 9.17) is 0 Å². The summed E-state index contributed by atoms with van der Waals surface area (Å²) in [5.41, 5.74) is 0. The summed E-state index contributed by atoms with van der Waals surface area (Å²) in [6.07, 6.45) is 5.96. The lowest BCUT2D eigenvalue weighted by atomic mass is 10.2. The van der Waals surface area contributed by atoms with Gasteiger partial charge in [0.25, 0.3) is 0 Å². The Balaban J connectivity index is 1.98. The Kier molecular flexibility index (Phi) is 7.10. The SMILES string of the molecule is CC(C)N(C)CCCCNC(=O)CCn1ccnn1. The molecule has 0 aliphatic carbocycles. The zero-order valence-electron chi connectivity index (χ0n) is 12.2. The lowest BCUT2D eigenvalue weighted by Gasteiger charge is -2.20. The molecule has 0 saturated heterocycles. The smallest absolute Gasteiger partial charge is 0.221 e. The first-order chi connectivity index (χ1) is 9.09. The van der Waals surface area contributed by atoms with Crippen LogP contribution in [0.1, 0.15) is 33.1 Å². The van der Waals surface area contributed by atoms with E-state index in [9.17, 15) is 4.79 Å². The summed E-state index contributed by atoms with van der Waals surface area (Å²) in [5.74, 6) is 0.0766. The minimum Gasteiger partial charge on any atom is -0.356 e. The molecule has 1 N–H and O–H groups in total. The van der Waals surface area contributed by atoms with Crippen LogP contribution in [-0.4, -0.2) is 52.0 Å². The van der Waals surface area contributed by atoms with Crippen molar-refractivity contribution in [3.05, 3.63) is 12.4 Å². The Labute approximate surface area is 115 Å². The van der Waals surface area contributed by atoms with Crippen LogP contribution in [0.3, 0.4) is 0 Å². The number of hydrogen-bond donors (Lipinski definition) is 1. The number of rotatable bonds is 9. The van der Waals surface area contributed by atoms with Gasteiger partial charge in [-0.2, -0.15) is 0 Å². The molecule has 19 heavy (non-hydrogen) atoms. The molecule has 1 amide bonds. The maximum atomic E-state index is 11.6. The summed E-state index contributed by atoms with van der Waals surface area (Å²) >= 11 is 0. The second-order valence-electron chi connectivity index (χ2n) is 5.05. The van der Waals surface area contributed by atoms with Crippen LogP contribution in [0, 0.1) is 0 Å². The quantitative estimate of drug-likeness (QED) is 0.675. The zero-order valence-corrected chi connectivity index (χ0v) is 12.2. The second kappa shape index (κ2) is 8.63. The number of hydrogen-bond acceptors (Lipinski definition) is 4. The molecule has 108 valence electrons. The van der Waals surface area contributed by atoms with Gasteiger partial charge in [0.2, 0.25) is 5.91 Å². The molecule has 0 aromatic carbocycles. The van der Waals surface area contributed by atoms with E-state index in [0.717, 1.165) is 25.9 Å². The molecule has 0 fully saturated rings. The maximum Gasteiger partial charge on any atom is 0.221 e. The number of carbonyl (C=O) groups is 1. The largest absolute Gasteiger partial charge is 0.356 e. The van der Waals surface area contributed by atoms with E-state index in [0.29, 0.717) is 19.0 Å². The fourth-order valence-electron chi connectivity index (χ4n) is 1.63. The summed E-state index contributed by atoms with van der Waals surface area (Å²) in [7, 11) is 2.13. The number of aryl methyl sites for hydroxylation is 1. The molecule has 0 saturated carbocycles. The molecule has 0 atom stereocenters. The van der Waals surface area contributed by atoms with Gasteiger partial charge in [0.1, 0.15) is 0 Å². The van der Waals surface area contributed by atoms with Crippen molar-refractivity contribution in [3.63, 3.8) is 0 Å². The fourth-order valence-corrected chi connectivity index (χ4v) is 1.63. The first-order valence-corrected chi connectivity index (χ1v) is 6.90. The van der Waals surface area contributed by atoms with Crippen LogP contribution in [0.4, 0.5) is 0 Å². The van der Waals surface area contributed by atoms with Gasteiger partial charge >= 0.3 is 0 Å². The van der Waals surface area contributed by atoms with Gasteiger partial charge in [-0.15, -0.1) is 5.10 Å². The minimum atomic E-state index is 0.0766. The molecule has 0 aliphatic rings. The molecule has 6 nitrogen and oxygen atoms in total. The van der Waals surface area contributed by atoms with Crippen molar-refractivity contribution in [3.8, 4) is 0 Å². The van der Waals surface area contributed by atoms with Crippen LogP contribution < -0.4 is 5.32 Å². The topological polar surface area (TPSA) is 63.1 Å². The number of aromatic nitrogens is 3. The third-order valence-corrected chi connectivity index (χ3v) is 3.18. The average molecular weight is 267 g/mol. The van der Waals surface area contributed by atoms with Crippen molar-refractivity contribution in [1.29, 1.82) is 0 Å². The predicted molar refractivity (Wildman–Crippen MR) is 74.6 cm³/mol. The van der Waals surface area contributed by atoms with Gasteiger partial charge < -0.3 is 10.2 Å². The predicted octanol–water partition coefficient (Wildman–Crippen LogP) is 0.905. The van der Waals surface area contributed by atoms with Crippen LogP contribution in [0.25, 0.3) is 0 Å². The Hall–Kier alpha value is -1.43. The molecular formula is C13H25N5O. The van der Waals surface area contributed by atoms with E-state index in [1.807, 2.05) is 0 Å². The monoisotopic (exact) mass is 267 g/mol. The number of nitrogens with one attached hydrogen (secondary N) is 1. The van der Waals surface area contributed by atoms with Crippen LogP contribution >= 0.6 is 0 Å². The highest BCUT2D eigenvalue weighted by atomic mass is 16.1. The number of carbonyl (C=O) groups excluding carboxylic acids is 1. The molecule has 0 aliphatic heterocycles. The molecule has 1 heterocycles. The van der Waals surface area contributed by atoms with E-state index < -0.39 is 0 Å². The Morgan fingerprint density at radius 3 is 2.84 bits per heavy atom.